The Hall–Kier alpha value is -2.83. The van der Waals surface area contributed by atoms with Crippen molar-refractivity contribution < 1.29 is 19.0 Å². The Balaban J connectivity index is 2.55. The van der Waals surface area contributed by atoms with Crippen molar-refractivity contribution in [1.82, 2.24) is 15.4 Å². The van der Waals surface area contributed by atoms with Crippen LogP contribution in [0.2, 0.25) is 0 Å². The fourth-order valence-electron chi connectivity index (χ4n) is 2.34. The van der Waals surface area contributed by atoms with Crippen LogP contribution >= 0.6 is 0 Å². The van der Waals surface area contributed by atoms with Crippen LogP contribution < -0.4 is 9.47 Å². The number of aromatic amines is 1. The second-order valence-electron chi connectivity index (χ2n) is 4.83. The van der Waals surface area contributed by atoms with Gasteiger partial charge < -0.3 is 14.2 Å². The molecule has 0 bridgehead atoms. The smallest absolute Gasteiger partial charge is 0.361 e. The molecule has 0 atom stereocenters. The van der Waals surface area contributed by atoms with Crippen molar-refractivity contribution in [3.8, 4) is 22.8 Å². The summed E-state index contributed by atoms with van der Waals surface area (Å²) in [7, 11) is 1.56. The minimum atomic E-state index is -0.528. The van der Waals surface area contributed by atoms with Crippen molar-refractivity contribution in [1.29, 1.82) is 0 Å². The minimum Gasteiger partial charge on any atom is -0.493 e. The normalized spacial score (nSPS) is 10.3. The van der Waals surface area contributed by atoms with Gasteiger partial charge in [0.25, 0.3) is 0 Å². The standard InChI is InChI=1S/C17H21N3O4/c1-5-8-11-9-12(10-13(22-4)16(11)23-6-2)14-15(19-20-18-14)17(21)24-7-3/h5,9-10H,1,6-8H2,2-4H3,(H,18,19,20). The van der Waals surface area contributed by atoms with E-state index in [1.54, 1.807) is 26.2 Å². The fourth-order valence-corrected chi connectivity index (χ4v) is 2.34. The summed E-state index contributed by atoms with van der Waals surface area (Å²) in [6.45, 7) is 8.19. The van der Waals surface area contributed by atoms with Crippen LogP contribution in [0, 0.1) is 0 Å². The summed E-state index contributed by atoms with van der Waals surface area (Å²) >= 11 is 0. The van der Waals surface area contributed by atoms with E-state index in [0.717, 1.165) is 5.56 Å². The lowest BCUT2D eigenvalue weighted by atomic mass is 10.0. The van der Waals surface area contributed by atoms with E-state index in [9.17, 15) is 4.79 Å². The average Bonchev–Trinajstić information content (AvgIpc) is 3.06. The highest BCUT2D eigenvalue weighted by Gasteiger charge is 2.22. The lowest BCUT2D eigenvalue weighted by Crippen LogP contribution is -2.07. The second kappa shape index (κ2) is 8.14. The molecule has 0 fully saturated rings. The molecular formula is C17H21N3O4. The largest absolute Gasteiger partial charge is 0.493 e. The lowest BCUT2D eigenvalue weighted by Gasteiger charge is -2.15. The van der Waals surface area contributed by atoms with Gasteiger partial charge in [0.15, 0.2) is 17.2 Å². The molecule has 0 radical (unpaired) electrons. The highest BCUT2D eigenvalue weighted by atomic mass is 16.5. The van der Waals surface area contributed by atoms with Gasteiger partial charge in [-0.3, -0.25) is 0 Å². The Kier molecular flexibility index (Phi) is 5.95. The van der Waals surface area contributed by atoms with E-state index >= 15 is 0 Å². The Morgan fingerprint density at radius 2 is 2.08 bits per heavy atom. The van der Waals surface area contributed by atoms with Crippen LogP contribution in [0.5, 0.6) is 11.5 Å². The number of benzene rings is 1. The summed E-state index contributed by atoms with van der Waals surface area (Å²) < 4.78 is 16.1. The molecule has 0 aliphatic carbocycles. The number of allylic oxidation sites excluding steroid dienone is 1. The van der Waals surface area contributed by atoms with Crippen molar-refractivity contribution in [2.45, 2.75) is 20.3 Å². The first-order chi connectivity index (χ1) is 11.7. The number of esters is 1. The van der Waals surface area contributed by atoms with Gasteiger partial charge in [-0.1, -0.05) is 6.08 Å². The number of carbonyl (C=O) groups is 1. The summed E-state index contributed by atoms with van der Waals surface area (Å²) in [5.41, 5.74) is 2.11. The maximum atomic E-state index is 12.0. The molecule has 0 saturated carbocycles. The van der Waals surface area contributed by atoms with Crippen LogP contribution in [0.1, 0.15) is 29.9 Å². The number of H-pyrrole nitrogens is 1. The van der Waals surface area contributed by atoms with Crippen LogP contribution in [0.25, 0.3) is 11.3 Å². The average molecular weight is 331 g/mol. The summed E-state index contributed by atoms with van der Waals surface area (Å²) in [4.78, 5) is 12.0. The van der Waals surface area contributed by atoms with E-state index in [2.05, 4.69) is 22.0 Å². The number of ether oxygens (including phenoxy) is 3. The van der Waals surface area contributed by atoms with E-state index in [1.807, 2.05) is 13.0 Å². The molecule has 0 aliphatic rings. The highest BCUT2D eigenvalue weighted by Crippen LogP contribution is 2.37. The van der Waals surface area contributed by atoms with E-state index in [4.69, 9.17) is 14.2 Å². The molecule has 0 saturated heterocycles. The predicted octanol–water partition coefficient (Wildman–Crippen LogP) is 2.78. The number of methoxy groups -OCH3 is 1. The molecule has 1 aromatic carbocycles. The first kappa shape index (κ1) is 17.5. The molecule has 7 heteroatoms. The summed E-state index contributed by atoms with van der Waals surface area (Å²) in [5.74, 6) is 0.688. The van der Waals surface area contributed by atoms with Crippen molar-refractivity contribution in [3.05, 3.63) is 36.0 Å². The molecule has 1 heterocycles. The summed E-state index contributed by atoms with van der Waals surface area (Å²) in [6.07, 6.45) is 2.36. The summed E-state index contributed by atoms with van der Waals surface area (Å²) in [6, 6.07) is 3.65. The molecule has 7 nitrogen and oxygen atoms in total. The monoisotopic (exact) mass is 331 g/mol. The third-order valence-electron chi connectivity index (χ3n) is 3.29. The zero-order chi connectivity index (χ0) is 17.5. The molecule has 2 aromatic rings. The van der Waals surface area contributed by atoms with Crippen molar-refractivity contribution >= 4 is 5.97 Å². The third kappa shape index (κ3) is 3.56. The molecule has 0 amide bonds. The minimum absolute atomic E-state index is 0.132. The van der Waals surface area contributed by atoms with Crippen LogP contribution in [-0.4, -0.2) is 41.7 Å². The van der Waals surface area contributed by atoms with Gasteiger partial charge in [0.2, 0.25) is 0 Å². The molecule has 0 spiro atoms. The van der Waals surface area contributed by atoms with Crippen LogP contribution in [0.15, 0.2) is 24.8 Å². The molecule has 24 heavy (non-hydrogen) atoms. The Bertz CT molecular complexity index is 725. The zero-order valence-electron chi connectivity index (χ0n) is 14.1. The maximum absolute atomic E-state index is 12.0. The molecule has 1 aromatic heterocycles. The Morgan fingerprint density at radius 3 is 2.71 bits per heavy atom. The van der Waals surface area contributed by atoms with Gasteiger partial charge in [0.1, 0.15) is 5.69 Å². The quantitative estimate of drug-likeness (QED) is 0.591. The molecule has 128 valence electrons. The molecule has 1 N–H and O–H groups in total. The van der Waals surface area contributed by atoms with E-state index in [1.165, 1.54) is 0 Å². The number of hydrogen-bond donors (Lipinski definition) is 1. The van der Waals surface area contributed by atoms with Gasteiger partial charge in [0.05, 0.1) is 20.3 Å². The van der Waals surface area contributed by atoms with E-state index in [0.29, 0.717) is 35.8 Å². The van der Waals surface area contributed by atoms with Gasteiger partial charge in [-0.2, -0.15) is 10.3 Å². The topological polar surface area (TPSA) is 86.3 Å². The zero-order valence-corrected chi connectivity index (χ0v) is 14.1. The fraction of sp³-hybridized carbons (Fsp3) is 0.353. The first-order valence-corrected chi connectivity index (χ1v) is 7.69. The first-order valence-electron chi connectivity index (χ1n) is 7.69. The van der Waals surface area contributed by atoms with Crippen LogP contribution in [-0.2, 0) is 11.2 Å². The predicted molar refractivity (Wildman–Crippen MR) is 89.4 cm³/mol. The lowest BCUT2D eigenvalue weighted by molar-refractivity contribution is 0.0520. The van der Waals surface area contributed by atoms with Gasteiger partial charge >= 0.3 is 5.97 Å². The van der Waals surface area contributed by atoms with E-state index in [-0.39, 0.29) is 12.3 Å². The van der Waals surface area contributed by atoms with Gasteiger partial charge in [-0.05, 0) is 32.4 Å². The number of aromatic nitrogens is 3. The number of nitrogens with one attached hydrogen (secondary N) is 1. The maximum Gasteiger partial charge on any atom is 0.361 e. The SMILES string of the molecule is C=CCc1cc(-c2n[nH]nc2C(=O)OCC)cc(OC)c1OCC. The van der Waals surface area contributed by atoms with Crippen LogP contribution in [0.4, 0.5) is 0 Å². The molecule has 2 rings (SSSR count). The number of hydrogen-bond acceptors (Lipinski definition) is 6. The molecule has 0 unspecified atom stereocenters. The number of rotatable bonds is 8. The van der Waals surface area contributed by atoms with Crippen LogP contribution in [0.3, 0.4) is 0 Å². The highest BCUT2D eigenvalue weighted by molar-refractivity contribution is 5.94. The van der Waals surface area contributed by atoms with Gasteiger partial charge in [-0.25, -0.2) is 4.79 Å². The van der Waals surface area contributed by atoms with Crippen molar-refractivity contribution in [2.75, 3.05) is 20.3 Å². The second-order valence-corrected chi connectivity index (χ2v) is 4.83. The Labute approximate surface area is 140 Å². The molecular weight excluding hydrogens is 310 g/mol. The number of nitrogens with zero attached hydrogens (tertiary/aromatic N) is 2. The summed E-state index contributed by atoms with van der Waals surface area (Å²) in [5, 5.41) is 10.5. The van der Waals surface area contributed by atoms with Crippen molar-refractivity contribution in [3.63, 3.8) is 0 Å². The number of carbonyl (C=O) groups excluding carboxylic acids is 1. The third-order valence-corrected chi connectivity index (χ3v) is 3.29. The van der Waals surface area contributed by atoms with Gasteiger partial charge in [0, 0.05) is 11.1 Å². The van der Waals surface area contributed by atoms with Crippen molar-refractivity contribution in [2.24, 2.45) is 0 Å². The molecule has 0 aliphatic heterocycles. The van der Waals surface area contributed by atoms with Gasteiger partial charge in [-0.15, -0.1) is 11.7 Å². The van der Waals surface area contributed by atoms with E-state index < -0.39 is 5.97 Å². The Morgan fingerprint density at radius 1 is 1.29 bits per heavy atom.